The van der Waals surface area contributed by atoms with Gasteiger partial charge in [0.15, 0.2) is 0 Å². The van der Waals surface area contributed by atoms with Gasteiger partial charge >= 0.3 is 6.18 Å². The maximum Gasteiger partial charge on any atom is 0.390 e. The Bertz CT molecular complexity index is 578. The maximum absolute atomic E-state index is 12.1. The predicted octanol–water partition coefficient (Wildman–Crippen LogP) is 2.10. The van der Waals surface area contributed by atoms with Crippen LogP contribution in [0.25, 0.3) is 0 Å². The molecule has 0 aromatic heterocycles. The minimum atomic E-state index is -4.12. The smallest absolute Gasteiger partial charge is 0.347 e. The van der Waals surface area contributed by atoms with Crippen molar-refractivity contribution in [3.63, 3.8) is 0 Å². The first-order valence-corrected chi connectivity index (χ1v) is 6.83. The second-order valence-electron chi connectivity index (χ2n) is 5.44. The average Bonchev–Trinajstić information content (AvgIpc) is 2.91. The van der Waals surface area contributed by atoms with E-state index in [-0.39, 0.29) is 18.5 Å². The molecule has 21 heavy (non-hydrogen) atoms. The molecule has 1 aliphatic heterocycles. The molecular weight excluding hydrogens is 281 g/mol. The highest BCUT2D eigenvalue weighted by molar-refractivity contribution is 6.00. The molecule has 3 aliphatic rings. The second-order valence-corrected chi connectivity index (χ2v) is 5.44. The van der Waals surface area contributed by atoms with E-state index in [0.29, 0.717) is 18.7 Å². The minimum absolute atomic E-state index is 0.000651. The third-order valence-electron chi connectivity index (χ3n) is 3.82. The second kappa shape index (κ2) is 5.18. The summed E-state index contributed by atoms with van der Waals surface area (Å²) in [5, 5.41) is 2.87. The van der Waals surface area contributed by atoms with Gasteiger partial charge in [-0.15, -0.1) is 0 Å². The van der Waals surface area contributed by atoms with Gasteiger partial charge in [0.25, 0.3) is 5.91 Å². The van der Waals surface area contributed by atoms with Crippen LogP contribution in [-0.2, 0) is 4.79 Å². The number of likely N-dealkylation sites (tertiary alicyclic amines) is 1. The number of hydrogen-bond acceptors (Lipinski definition) is 2. The van der Waals surface area contributed by atoms with Crippen LogP contribution in [0.3, 0.4) is 0 Å². The largest absolute Gasteiger partial charge is 0.390 e. The zero-order valence-electron chi connectivity index (χ0n) is 11.3. The number of nitrogens with one attached hydrogen (secondary N) is 1. The van der Waals surface area contributed by atoms with Crippen molar-refractivity contribution in [2.45, 2.75) is 18.6 Å². The normalized spacial score (nSPS) is 21.6. The van der Waals surface area contributed by atoms with Crippen LogP contribution >= 0.6 is 0 Å². The topological polar surface area (TPSA) is 32.3 Å². The van der Waals surface area contributed by atoms with E-state index in [9.17, 15) is 18.0 Å². The van der Waals surface area contributed by atoms with E-state index < -0.39 is 12.6 Å². The summed E-state index contributed by atoms with van der Waals surface area (Å²) in [7, 11) is 0. The Morgan fingerprint density at radius 2 is 2.05 bits per heavy atom. The van der Waals surface area contributed by atoms with Crippen molar-refractivity contribution in [3.05, 3.63) is 47.1 Å². The van der Waals surface area contributed by atoms with Gasteiger partial charge in [-0.1, -0.05) is 24.3 Å². The molecule has 1 N–H and O–H groups in total. The third kappa shape index (κ3) is 3.10. The monoisotopic (exact) mass is 296 g/mol. The summed E-state index contributed by atoms with van der Waals surface area (Å²) in [6, 6.07) is -0.0642. The van der Waals surface area contributed by atoms with Gasteiger partial charge in [-0.05, 0) is 17.2 Å². The molecule has 3 nitrogen and oxygen atoms in total. The van der Waals surface area contributed by atoms with Crippen LogP contribution in [0.4, 0.5) is 13.2 Å². The summed E-state index contributed by atoms with van der Waals surface area (Å²) in [5.74, 6) is -0.156. The number of hydrogen-bond donors (Lipinski definition) is 1. The number of rotatable bonds is 4. The Balaban J connectivity index is 1.46. The molecule has 6 heteroatoms. The Morgan fingerprint density at radius 3 is 2.76 bits per heavy atom. The summed E-state index contributed by atoms with van der Waals surface area (Å²) < 4.78 is 36.3. The SMILES string of the molecule is O=C(NC1CN(CCC(F)(F)F)C1)C1=C2C=CC=C2C=C1. The van der Waals surface area contributed by atoms with Crippen LogP contribution in [0, 0.1) is 0 Å². The first-order valence-electron chi connectivity index (χ1n) is 6.83. The van der Waals surface area contributed by atoms with Crippen molar-refractivity contribution < 1.29 is 18.0 Å². The molecule has 2 aliphatic carbocycles. The quantitative estimate of drug-likeness (QED) is 0.861. The molecule has 0 bridgehead atoms. The fourth-order valence-electron chi connectivity index (χ4n) is 2.68. The summed E-state index contributed by atoms with van der Waals surface area (Å²) in [4.78, 5) is 13.8. The highest BCUT2D eigenvalue weighted by Gasteiger charge is 2.33. The number of allylic oxidation sites excluding steroid dienone is 6. The number of carbonyl (C=O) groups excluding carboxylic acids is 1. The van der Waals surface area contributed by atoms with E-state index in [1.165, 1.54) is 0 Å². The Hall–Kier alpha value is -1.82. The van der Waals surface area contributed by atoms with Gasteiger partial charge < -0.3 is 5.32 Å². The molecule has 0 spiro atoms. The number of amides is 1. The first-order chi connectivity index (χ1) is 9.92. The van der Waals surface area contributed by atoms with E-state index in [1.54, 1.807) is 11.0 Å². The van der Waals surface area contributed by atoms with Gasteiger partial charge in [0.1, 0.15) is 0 Å². The summed E-state index contributed by atoms with van der Waals surface area (Å²) in [5.41, 5.74) is 2.57. The fourth-order valence-corrected chi connectivity index (χ4v) is 2.68. The Morgan fingerprint density at radius 1 is 1.29 bits per heavy atom. The van der Waals surface area contributed by atoms with Gasteiger partial charge in [0.2, 0.25) is 0 Å². The lowest BCUT2D eigenvalue weighted by Crippen LogP contribution is -2.59. The third-order valence-corrected chi connectivity index (χ3v) is 3.82. The molecule has 0 atom stereocenters. The number of carbonyl (C=O) groups is 1. The van der Waals surface area contributed by atoms with Crippen molar-refractivity contribution in [1.29, 1.82) is 0 Å². The molecule has 0 unspecified atom stereocenters. The van der Waals surface area contributed by atoms with E-state index in [0.717, 1.165) is 11.1 Å². The number of fused-ring (bicyclic) bond motifs is 1. The molecule has 1 amide bonds. The van der Waals surface area contributed by atoms with Crippen LogP contribution in [0.2, 0.25) is 0 Å². The standard InChI is InChI=1S/C15H15F3N2O/c16-15(17,18)6-7-20-8-11(9-20)19-14(21)13-5-4-10-2-1-3-12(10)13/h1-5,11H,6-9H2,(H,19,21). The van der Waals surface area contributed by atoms with Crippen LogP contribution in [0.15, 0.2) is 47.1 Å². The number of halogens is 3. The summed E-state index contributed by atoms with van der Waals surface area (Å²) in [6.07, 6.45) is 4.47. The van der Waals surface area contributed by atoms with Gasteiger partial charge in [-0.2, -0.15) is 13.2 Å². The average molecular weight is 296 g/mol. The zero-order chi connectivity index (χ0) is 15.0. The van der Waals surface area contributed by atoms with Crippen molar-refractivity contribution in [2.24, 2.45) is 0 Å². The van der Waals surface area contributed by atoms with Gasteiger partial charge in [0, 0.05) is 25.2 Å². The molecule has 0 saturated carbocycles. The molecule has 112 valence electrons. The van der Waals surface area contributed by atoms with Crippen molar-refractivity contribution in [3.8, 4) is 0 Å². The van der Waals surface area contributed by atoms with Crippen LogP contribution < -0.4 is 5.32 Å². The minimum Gasteiger partial charge on any atom is -0.347 e. The van der Waals surface area contributed by atoms with E-state index in [2.05, 4.69) is 5.32 Å². The van der Waals surface area contributed by atoms with Crippen molar-refractivity contribution in [1.82, 2.24) is 10.2 Å². The van der Waals surface area contributed by atoms with Crippen LogP contribution in [-0.4, -0.2) is 42.7 Å². The number of nitrogens with zero attached hydrogens (tertiary/aromatic N) is 1. The van der Waals surface area contributed by atoms with E-state index >= 15 is 0 Å². The highest BCUT2D eigenvalue weighted by atomic mass is 19.4. The lowest BCUT2D eigenvalue weighted by atomic mass is 10.1. The van der Waals surface area contributed by atoms with Crippen LogP contribution in [0.5, 0.6) is 0 Å². The molecule has 3 rings (SSSR count). The number of alkyl halides is 3. The molecule has 1 saturated heterocycles. The lowest BCUT2D eigenvalue weighted by molar-refractivity contribution is -0.141. The van der Waals surface area contributed by atoms with Gasteiger partial charge in [-0.25, -0.2) is 0 Å². The molecule has 0 aromatic rings. The fraction of sp³-hybridized carbons (Fsp3) is 0.400. The highest BCUT2D eigenvalue weighted by Crippen LogP contribution is 2.30. The molecule has 1 fully saturated rings. The van der Waals surface area contributed by atoms with E-state index in [4.69, 9.17) is 0 Å². The maximum atomic E-state index is 12.1. The zero-order valence-corrected chi connectivity index (χ0v) is 11.3. The molecule has 0 aromatic carbocycles. The first kappa shape index (κ1) is 14.1. The lowest BCUT2D eigenvalue weighted by Gasteiger charge is -2.39. The Kier molecular flexibility index (Phi) is 3.49. The van der Waals surface area contributed by atoms with Crippen molar-refractivity contribution in [2.75, 3.05) is 19.6 Å². The predicted molar refractivity (Wildman–Crippen MR) is 72.4 cm³/mol. The molecule has 0 radical (unpaired) electrons. The van der Waals surface area contributed by atoms with Gasteiger partial charge in [-0.3, -0.25) is 9.69 Å². The van der Waals surface area contributed by atoms with Crippen molar-refractivity contribution >= 4 is 5.91 Å². The van der Waals surface area contributed by atoms with Gasteiger partial charge in [0.05, 0.1) is 12.5 Å². The molecule has 1 heterocycles. The Labute approximate surface area is 120 Å². The van der Waals surface area contributed by atoms with Crippen LogP contribution in [0.1, 0.15) is 6.42 Å². The summed E-state index contributed by atoms with van der Waals surface area (Å²) >= 11 is 0. The molecular formula is C15H15F3N2O. The summed E-state index contributed by atoms with van der Waals surface area (Å²) in [6.45, 7) is 0.957. The van der Waals surface area contributed by atoms with E-state index in [1.807, 2.05) is 24.3 Å².